The van der Waals surface area contributed by atoms with Crippen LogP contribution in [0.2, 0.25) is 0 Å². The molecule has 0 spiro atoms. The maximum Gasteiger partial charge on any atom is 0.326 e. The van der Waals surface area contributed by atoms with Crippen molar-refractivity contribution >= 4 is 16.6 Å². The summed E-state index contributed by atoms with van der Waals surface area (Å²) >= 11 is 0. The van der Waals surface area contributed by atoms with E-state index in [1.54, 1.807) is 4.52 Å². The van der Waals surface area contributed by atoms with Crippen LogP contribution >= 0.6 is 0 Å². The van der Waals surface area contributed by atoms with Gasteiger partial charge >= 0.3 is 11.1 Å². The molecule has 2 aromatic heterocycles. The van der Waals surface area contributed by atoms with Crippen LogP contribution in [0.15, 0.2) is 41.6 Å². The van der Waals surface area contributed by atoms with Gasteiger partial charge in [-0.1, -0.05) is 12.1 Å². The van der Waals surface area contributed by atoms with Gasteiger partial charge in [-0.2, -0.15) is 0 Å². The van der Waals surface area contributed by atoms with Crippen molar-refractivity contribution in [3.63, 3.8) is 0 Å². The zero-order chi connectivity index (χ0) is 10.3. The Balaban J connectivity index is 2.67. The lowest BCUT2D eigenvalue weighted by molar-refractivity contribution is -0.554. The van der Waals surface area contributed by atoms with Crippen LogP contribution < -0.4 is 10.1 Å². The van der Waals surface area contributed by atoms with E-state index in [-0.39, 0.29) is 5.56 Å². The van der Waals surface area contributed by atoms with Crippen LogP contribution in [0.5, 0.6) is 0 Å². The highest BCUT2D eigenvalue weighted by Crippen LogP contribution is 2.04. The number of nitrogens with zero attached hydrogens (tertiary/aromatic N) is 3. The van der Waals surface area contributed by atoms with Crippen LogP contribution in [-0.2, 0) is 0 Å². The van der Waals surface area contributed by atoms with E-state index in [0.29, 0.717) is 5.52 Å². The van der Waals surface area contributed by atoms with Crippen LogP contribution in [0.1, 0.15) is 0 Å². The largest absolute Gasteiger partial charge is 0.326 e. The summed E-state index contributed by atoms with van der Waals surface area (Å²) in [6.45, 7) is 0. The molecule has 0 unspecified atom stereocenters. The van der Waals surface area contributed by atoms with Gasteiger partial charge in [0, 0.05) is 11.2 Å². The Morgan fingerprint density at radius 1 is 1.20 bits per heavy atom. The molecule has 15 heavy (non-hydrogen) atoms. The van der Waals surface area contributed by atoms with Gasteiger partial charge in [-0.3, -0.25) is 4.79 Å². The van der Waals surface area contributed by atoms with E-state index in [4.69, 9.17) is 0 Å². The third-order valence-electron chi connectivity index (χ3n) is 2.27. The first kappa shape index (κ1) is 8.05. The average molecular weight is 199 g/mol. The van der Waals surface area contributed by atoms with Crippen molar-refractivity contribution in [3.8, 4) is 0 Å². The minimum atomic E-state index is -0.191. The van der Waals surface area contributed by atoms with Crippen molar-refractivity contribution in [2.45, 2.75) is 0 Å². The van der Waals surface area contributed by atoms with Gasteiger partial charge in [0.2, 0.25) is 0 Å². The lowest BCUT2D eigenvalue weighted by Gasteiger charge is -1.92. The van der Waals surface area contributed by atoms with Gasteiger partial charge in [-0.25, -0.2) is 4.98 Å². The standard InChI is InChI=1S/C10H6N4O/c15-10-9-5-11-7-3-1-2-4-8(7)14(9)13-6-12-10/h1-6H/p+1. The molecule has 0 radical (unpaired) electrons. The number of fused-ring (bicyclic) bond motifs is 3. The van der Waals surface area contributed by atoms with E-state index in [1.807, 2.05) is 24.3 Å². The number of benzene rings is 1. The molecule has 0 aliphatic heterocycles. The fourth-order valence-corrected chi connectivity index (χ4v) is 1.57. The highest BCUT2D eigenvalue weighted by molar-refractivity contribution is 5.71. The quantitative estimate of drug-likeness (QED) is 0.411. The first-order chi connectivity index (χ1) is 7.36. The molecule has 0 fully saturated rings. The van der Waals surface area contributed by atoms with Gasteiger partial charge in [0.1, 0.15) is 11.7 Å². The molecule has 5 heteroatoms. The monoisotopic (exact) mass is 199 g/mol. The molecule has 3 aromatic rings. The molecule has 0 aliphatic carbocycles. The van der Waals surface area contributed by atoms with E-state index in [9.17, 15) is 4.79 Å². The van der Waals surface area contributed by atoms with Crippen molar-refractivity contribution in [2.24, 2.45) is 0 Å². The van der Waals surface area contributed by atoms with E-state index < -0.39 is 0 Å². The minimum absolute atomic E-state index is 0.191. The van der Waals surface area contributed by atoms with E-state index in [1.165, 1.54) is 12.5 Å². The summed E-state index contributed by atoms with van der Waals surface area (Å²) in [5.74, 6) is 0. The van der Waals surface area contributed by atoms with Crippen LogP contribution in [0.25, 0.3) is 16.6 Å². The van der Waals surface area contributed by atoms with Gasteiger partial charge in [-0.15, -0.1) is 0 Å². The number of nitrogens with one attached hydrogen (secondary N) is 1. The topological polar surface area (TPSA) is 62.7 Å². The molecule has 0 bridgehead atoms. The molecule has 72 valence electrons. The Hall–Kier alpha value is -2.30. The fourth-order valence-electron chi connectivity index (χ4n) is 1.57. The summed E-state index contributed by atoms with van der Waals surface area (Å²) in [4.78, 5) is 18.2. The average Bonchev–Trinajstić information content (AvgIpc) is 2.29. The third-order valence-corrected chi connectivity index (χ3v) is 2.27. The number of aromatic nitrogens is 4. The van der Waals surface area contributed by atoms with Gasteiger partial charge in [-0.05, 0) is 10.6 Å². The summed E-state index contributed by atoms with van der Waals surface area (Å²) < 4.78 is 1.58. The van der Waals surface area contributed by atoms with Crippen LogP contribution in [0.4, 0.5) is 0 Å². The third kappa shape index (κ3) is 1.10. The Kier molecular flexibility index (Phi) is 1.53. The predicted molar refractivity (Wildman–Crippen MR) is 53.3 cm³/mol. The molecule has 2 heterocycles. The number of H-pyrrole nitrogens is 1. The molecule has 5 nitrogen and oxygen atoms in total. The second kappa shape index (κ2) is 2.84. The van der Waals surface area contributed by atoms with E-state index in [2.05, 4.69) is 15.1 Å². The zero-order valence-electron chi connectivity index (χ0n) is 7.71. The predicted octanol–water partition coefficient (Wildman–Crippen LogP) is 0.0568. The number of para-hydroxylation sites is 2. The van der Waals surface area contributed by atoms with E-state index in [0.717, 1.165) is 11.0 Å². The van der Waals surface area contributed by atoms with Crippen LogP contribution in [0, 0.1) is 0 Å². The summed E-state index contributed by atoms with van der Waals surface area (Å²) in [5.41, 5.74) is 1.88. The Bertz CT molecular complexity index is 704. The molecule has 3 rings (SSSR count). The van der Waals surface area contributed by atoms with Crippen molar-refractivity contribution < 1.29 is 4.52 Å². The summed E-state index contributed by atoms with van der Waals surface area (Å²) in [6, 6.07) is 7.54. The Morgan fingerprint density at radius 2 is 2.07 bits per heavy atom. The summed E-state index contributed by atoms with van der Waals surface area (Å²) in [7, 11) is 0. The molecule has 1 N–H and O–H groups in total. The first-order valence-electron chi connectivity index (χ1n) is 4.50. The summed E-state index contributed by atoms with van der Waals surface area (Å²) in [6.07, 6.45) is 2.90. The maximum atomic E-state index is 11.5. The molecule has 0 amide bonds. The fraction of sp³-hybridized carbons (Fsp3) is 0. The molecular formula is C10H7N4O+. The summed E-state index contributed by atoms with van der Waals surface area (Å²) in [5, 5.41) is 4.09. The lowest BCUT2D eigenvalue weighted by Crippen LogP contribution is -2.34. The SMILES string of the molecule is O=c1[nH]cn[n+]2c1cnc1ccccc12. The van der Waals surface area contributed by atoms with Crippen molar-refractivity contribution in [2.75, 3.05) is 0 Å². The maximum absolute atomic E-state index is 11.5. The molecular weight excluding hydrogens is 192 g/mol. The van der Waals surface area contributed by atoms with Gasteiger partial charge < -0.3 is 4.98 Å². The molecule has 0 aliphatic rings. The van der Waals surface area contributed by atoms with Gasteiger partial charge in [0.25, 0.3) is 5.52 Å². The Morgan fingerprint density at radius 3 is 3.00 bits per heavy atom. The molecule has 0 saturated carbocycles. The van der Waals surface area contributed by atoms with Crippen molar-refractivity contribution in [1.29, 1.82) is 0 Å². The van der Waals surface area contributed by atoms with E-state index >= 15 is 0 Å². The number of hydrogen-bond donors (Lipinski definition) is 1. The molecule has 0 saturated heterocycles. The minimum Gasteiger partial charge on any atom is -0.302 e. The number of hydrogen-bond acceptors (Lipinski definition) is 3. The number of aromatic amines is 1. The smallest absolute Gasteiger partial charge is 0.302 e. The van der Waals surface area contributed by atoms with Gasteiger partial charge in [0.05, 0.1) is 0 Å². The van der Waals surface area contributed by atoms with Crippen molar-refractivity contribution in [1.82, 2.24) is 15.1 Å². The van der Waals surface area contributed by atoms with Crippen LogP contribution in [0.3, 0.4) is 0 Å². The molecule has 1 aromatic carbocycles. The Labute approximate surface area is 84.0 Å². The highest BCUT2D eigenvalue weighted by atomic mass is 16.1. The lowest BCUT2D eigenvalue weighted by atomic mass is 10.3. The zero-order valence-corrected chi connectivity index (χ0v) is 7.71. The first-order valence-corrected chi connectivity index (χ1v) is 4.50. The van der Waals surface area contributed by atoms with Crippen molar-refractivity contribution in [3.05, 3.63) is 47.1 Å². The number of rotatable bonds is 0. The molecule has 0 atom stereocenters. The highest BCUT2D eigenvalue weighted by Gasteiger charge is 2.13. The van der Waals surface area contributed by atoms with Gasteiger partial charge in [0.15, 0.2) is 6.33 Å². The second-order valence-corrected chi connectivity index (χ2v) is 3.16. The van der Waals surface area contributed by atoms with Crippen LogP contribution in [-0.4, -0.2) is 15.1 Å². The second-order valence-electron chi connectivity index (χ2n) is 3.16. The normalized spacial score (nSPS) is 10.9.